The number of fused-ring (bicyclic) bond motifs is 1. The monoisotopic (exact) mass is 403 g/mol. The first kappa shape index (κ1) is 22.3. The van der Waals surface area contributed by atoms with Crippen LogP contribution < -0.4 is 16.0 Å². The first-order chi connectivity index (χ1) is 13.7. The molecule has 1 aromatic carbocycles. The highest BCUT2D eigenvalue weighted by atomic mass is 16.6. The number of alkyl carbamates (subject to hydrolysis) is 1. The van der Waals surface area contributed by atoms with Gasteiger partial charge in [0.2, 0.25) is 5.91 Å². The number of para-hydroxylation sites is 1. The van der Waals surface area contributed by atoms with Crippen LogP contribution in [-0.2, 0) is 9.53 Å². The molecule has 0 aliphatic rings. The smallest absolute Gasteiger partial charge is 0.408 e. The molecule has 0 radical (unpaired) electrons. The highest BCUT2D eigenvalue weighted by molar-refractivity contribution is 5.96. The first-order valence-electron chi connectivity index (χ1n) is 9.71. The standard InChI is InChI=1S/C21H29N3O5/c1-12(2)16(24-19(25)14(5)23-21(27)28-13(3)4)11-22-20(26)18-10-15-8-6-7-9-17(15)29-18/h6-10,12-14,16H,11H2,1-5H3,(H,22,26)(H,23,27)(H,24,25)/t14?,16-/m1/s1. The van der Waals surface area contributed by atoms with Crippen LogP contribution in [0.15, 0.2) is 34.7 Å². The Balaban J connectivity index is 1.91. The summed E-state index contributed by atoms with van der Waals surface area (Å²) in [6.07, 6.45) is -0.927. The molecule has 158 valence electrons. The van der Waals surface area contributed by atoms with E-state index in [2.05, 4.69) is 16.0 Å². The van der Waals surface area contributed by atoms with Crippen LogP contribution >= 0.6 is 0 Å². The van der Waals surface area contributed by atoms with Gasteiger partial charge in [0.15, 0.2) is 5.76 Å². The number of hydrogen-bond acceptors (Lipinski definition) is 5. The summed E-state index contributed by atoms with van der Waals surface area (Å²) in [6, 6.07) is 7.96. The molecule has 2 atom stereocenters. The van der Waals surface area contributed by atoms with Crippen LogP contribution in [0.1, 0.15) is 45.2 Å². The zero-order valence-electron chi connectivity index (χ0n) is 17.4. The van der Waals surface area contributed by atoms with E-state index in [9.17, 15) is 14.4 Å². The Hall–Kier alpha value is -3.03. The molecule has 8 nitrogen and oxygen atoms in total. The zero-order valence-corrected chi connectivity index (χ0v) is 17.4. The van der Waals surface area contributed by atoms with Crippen molar-refractivity contribution in [1.29, 1.82) is 0 Å². The van der Waals surface area contributed by atoms with Crippen molar-refractivity contribution in [3.05, 3.63) is 36.1 Å². The maximum atomic E-state index is 12.4. The topological polar surface area (TPSA) is 110 Å². The fourth-order valence-corrected chi connectivity index (χ4v) is 2.64. The molecule has 0 spiro atoms. The van der Waals surface area contributed by atoms with Crippen LogP contribution in [0.4, 0.5) is 4.79 Å². The number of ether oxygens (including phenoxy) is 1. The zero-order chi connectivity index (χ0) is 21.6. The van der Waals surface area contributed by atoms with Crippen LogP contribution in [-0.4, -0.2) is 42.6 Å². The van der Waals surface area contributed by atoms with Crippen molar-refractivity contribution in [2.45, 2.75) is 52.8 Å². The van der Waals surface area contributed by atoms with E-state index in [4.69, 9.17) is 9.15 Å². The van der Waals surface area contributed by atoms with E-state index >= 15 is 0 Å². The number of hydrogen-bond donors (Lipinski definition) is 3. The SMILES string of the molecule is CC(C)OC(=O)NC(C)C(=O)N[C@H](CNC(=O)c1cc2ccccc2o1)C(C)C. The van der Waals surface area contributed by atoms with Gasteiger partial charge in [-0.2, -0.15) is 0 Å². The van der Waals surface area contributed by atoms with Crippen molar-refractivity contribution in [1.82, 2.24) is 16.0 Å². The van der Waals surface area contributed by atoms with Crippen molar-refractivity contribution in [2.24, 2.45) is 5.92 Å². The summed E-state index contributed by atoms with van der Waals surface area (Å²) in [5, 5.41) is 8.98. The molecule has 3 N–H and O–H groups in total. The Morgan fingerprint density at radius 2 is 1.72 bits per heavy atom. The molecule has 2 rings (SSSR count). The molecule has 0 bridgehead atoms. The summed E-state index contributed by atoms with van der Waals surface area (Å²) in [5.74, 6) is -0.439. The van der Waals surface area contributed by atoms with Crippen LogP contribution in [0.5, 0.6) is 0 Å². The second kappa shape index (κ2) is 9.95. The van der Waals surface area contributed by atoms with Gasteiger partial charge in [0.25, 0.3) is 5.91 Å². The number of rotatable bonds is 8. The minimum absolute atomic E-state index is 0.0599. The number of amides is 3. The molecule has 3 amide bonds. The van der Waals surface area contributed by atoms with Gasteiger partial charge in [0, 0.05) is 18.0 Å². The van der Waals surface area contributed by atoms with Crippen LogP contribution in [0.2, 0.25) is 0 Å². The Morgan fingerprint density at radius 3 is 2.34 bits per heavy atom. The van der Waals surface area contributed by atoms with E-state index in [0.717, 1.165) is 5.39 Å². The van der Waals surface area contributed by atoms with Crippen LogP contribution in [0, 0.1) is 5.92 Å². The number of carbonyl (C=O) groups is 3. The average Bonchev–Trinajstić information content (AvgIpc) is 3.07. The Bertz CT molecular complexity index is 826. The van der Waals surface area contributed by atoms with Gasteiger partial charge in [-0.15, -0.1) is 0 Å². The Labute approximate surface area is 170 Å². The fourth-order valence-electron chi connectivity index (χ4n) is 2.64. The molecule has 0 aliphatic carbocycles. The van der Waals surface area contributed by atoms with Crippen molar-refractivity contribution in [2.75, 3.05) is 6.54 Å². The summed E-state index contributed by atoms with van der Waals surface area (Å²) in [5.41, 5.74) is 0.638. The molecule has 0 saturated heterocycles. The van der Waals surface area contributed by atoms with Gasteiger partial charge in [-0.1, -0.05) is 32.0 Å². The summed E-state index contributed by atoms with van der Waals surface area (Å²) in [7, 11) is 0. The second-order valence-corrected chi connectivity index (χ2v) is 7.54. The summed E-state index contributed by atoms with van der Waals surface area (Å²) in [4.78, 5) is 36.5. The molecular formula is C21H29N3O5. The minimum Gasteiger partial charge on any atom is -0.451 e. The quantitative estimate of drug-likeness (QED) is 0.628. The van der Waals surface area contributed by atoms with E-state index in [1.54, 1.807) is 32.9 Å². The summed E-state index contributed by atoms with van der Waals surface area (Å²) in [6.45, 7) is 9.12. The third kappa shape index (κ3) is 6.51. The van der Waals surface area contributed by atoms with Crippen LogP contribution in [0.25, 0.3) is 11.0 Å². The third-order valence-corrected chi connectivity index (χ3v) is 4.33. The normalized spacial score (nSPS) is 13.2. The van der Waals surface area contributed by atoms with Gasteiger partial charge >= 0.3 is 6.09 Å². The fraction of sp³-hybridized carbons (Fsp3) is 0.476. The molecule has 0 saturated carbocycles. The molecule has 0 aliphatic heterocycles. The number of benzene rings is 1. The van der Waals surface area contributed by atoms with Crippen molar-refractivity contribution >= 4 is 28.9 Å². The van der Waals surface area contributed by atoms with E-state index in [0.29, 0.717) is 5.58 Å². The van der Waals surface area contributed by atoms with Gasteiger partial charge in [0.1, 0.15) is 11.6 Å². The van der Waals surface area contributed by atoms with Crippen molar-refractivity contribution in [3.8, 4) is 0 Å². The average molecular weight is 403 g/mol. The number of nitrogens with one attached hydrogen (secondary N) is 3. The molecule has 8 heteroatoms. The maximum absolute atomic E-state index is 12.4. The summed E-state index contributed by atoms with van der Waals surface area (Å²) < 4.78 is 10.5. The lowest BCUT2D eigenvalue weighted by molar-refractivity contribution is -0.123. The van der Waals surface area contributed by atoms with E-state index < -0.39 is 12.1 Å². The molecule has 1 aromatic heterocycles. The third-order valence-electron chi connectivity index (χ3n) is 4.33. The van der Waals surface area contributed by atoms with E-state index in [1.807, 2.05) is 32.0 Å². The van der Waals surface area contributed by atoms with Gasteiger partial charge in [-0.3, -0.25) is 9.59 Å². The lowest BCUT2D eigenvalue weighted by Gasteiger charge is -2.24. The van der Waals surface area contributed by atoms with Gasteiger partial charge in [-0.25, -0.2) is 4.79 Å². The van der Waals surface area contributed by atoms with Crippen LogP contribution in [0.3, 0.4) is 0 Å². The predicted octanol–water partition coefficient (Wildman–Crippen LogP) is 2.83. The molecule has 29 heavy (non-hydrogen) atoms. The first-order valence-corrected chi connectivity index (χ1v) is 9.71. The highest BCUT2D eigenvalue weighted by Crippen LogP contribution is 2.18. The highest BCUT2D eigenvalue weighted by Gasteiger charge is 2.23. The molecule has 1 unspecified atom stereocenters. The van der Waals surface area contributed by atoms with E-state index in [1.165, 1.54) is 0 Å². The summed E-state index contributed by atoms with van der Waals surface area (Å²) >= 11 is 0. The molecule has 0 fully saturated rings. The lowest BCUT2D eigenvalue weighted by Crippen LogP contribution is -2.53. The maximum Gasteiger partial charge on any atom is 0.408 e. The van der Waals surface area contributed by atoms with Gasteiger partial charge in [-0.05, 0) is 38.8 Å². The number of carbonyl (C=O) groups excluding carboxylic acids is 3. The molecule has 2 aromatic rings. The van der Waals surface area contributed by atoms with Gasteiger partial charge in [0.05, 0.1) is 6.10 Å². The number of furan rings is 1. The van der Waals surface area contributed by atoms with Crippen molar-refractivity contribution < 1.29 is 23.5 Å². The Morgan fingerprint density at radius 1 is 1.03 bits per heavy atom. The lowest BCUT2D eigenvalue weighted by atomic mass is 10.0. The second-order valence-electron chi connectivity index (χ2n) is 7.54. The van der Waals surface area contributed by atoms with Crippen molar-refractivity contribution in [3.63, 3.8) is 0 Å². The predicted molar refractivity (Wildman–Crippen MR) is 110 cm³/mol. The minimum atomic E-state index is -0.770. The Kier molecular flexibility index (Phi) is 7.64. The van der Waals surface area contributed by atoms with E-state index in [-0.39, 0.29) is 42.2 Å². The van der Waals surface area contributed by atoms with Gasteiger partial charge < -0.3 is 25.1 Å². The molecule has 1 heterocycles. The largest absolute Gasteiger partial charge is 0.451 e. The molecular weight excluding hydrogens is 374 g/mol.